The van der Waals surface area contributed by atoms with Gasteiger partial charge in [0.1, 0.15) is 29.8 Å². The maximum atomic E-state index is 12.5. The minimum Gasteiger partial charge on any atom is -0.491 e. The lowest BCUT2D eigenvalue weighted by Crippen LogP contribution is -2.38. The number of halogens is 1. The molecule has 0 aliphatic carbocycles. The number of ether oxygens (including phenoxy) is 1. The summed E-state index contributed by atoms with van der Waals surface area (Å²) in [5.41, 5.74) is 1.68. The fourth-order valence-electron chi connectivity index (χ4n) is 3.50. The third kappa shape index (κ3) is 7.08. The van der Waals surface area contributed by atoms with Crippen LogP contribution < -0.4 is 26.1 Å². The molecule has 0 bridgehead atoms. The Morgan fingerprint density at radius 3 is 2.64 bits per heavy atom. The van der Waals surface area contributed by atoms with Crippen LogP contribution in [0, 0.1) is 0 Å². The van der Waals surface area contributed by atoms with Crippen molar-refractivity contribution in [1.82, 2.24) is 10.6 Å². The van der Waals surface area contributed by atoms with Gasteiger partial charge < -0.3 is 30.2 Å². The highest BCUT2D eigenvalue weighted by atomic mass is 35.5. The Morgan fingerprint density at radius 1 is 1.00 bits per heavy atom. The van der Waals surface area contributed by atoms with E-state index in [9.17, 15) is 14.7 Å². The highest BCUT2D eigenvalue weighted by Crippen LogP contribution is 2.25. The van der Waals surface area contributed by atoms with Gasteiger partial charge in [0.25, 0.3) is 0 Å². The second kappa shape index (κ2) is 12.2. The van der Waals surface area contributed by atoms with Crippen LogP contribution in [0.3, 0.4) is 0 Å². The van der Waals surface area contributed by atoms with Crippen molar-refractivity contribution in [3.05, 3.63) is 94.1 Å². The number of hydrogen-bond donors (Lipinski definition) is 4. The fourth-order valence-corrected chi connectivity index (χ4v) is 3.69. The number of hydrogen-bond acceptors (Lipinski definition) is 6. The van der Waals surface area contributed by atoms with Crippen LogP contribution in [0.1, 0.15) is 0 Å². The van der Waals surface area contributed by atoms with Crippen molar-refractivity contribution in [2.75, 3.05) is 31.6 Å². The first-order valence-electron chi connectivity index (χ1n) is 11.4. The standard InChI is InChI=1S/C27H26ClN3O5/c28-19-7-4-8-20(13-19)31-27(34)30-12-11-29-16-21(32)17-35-22-9-10-23-24(33)15-25(36-26(23)14-22)18-5-2-1-3-6-18/h1-10,13-15,21,29,32H,11-12,16-17H2,(H2,30,31,34). The van der Waals surface area contributed by atoms with Gasteiger partial charge in [0, 0.05) is 48.0 Å². The zero-order chi connectivity index (χ0) is 25.3. The zero-order valence-electron chi connectivity index (χ0n) is 19.4. The molecular weight excluding hydrogens is 482 g/mol. The number of aliphatic hydroxyl groups excluding tert-OH is 1. The lowest BCUT2D eigenvalue weighted by Gasteiger charge is -2.14. The molecule has 186 valence electrons. The molecule has 1 atom stereocenters. The van der Waals surface area contributed by atoms with E-state index in [0.717, 1.165) is 5.56 Å². The van der Waals surface area contributed by atoms with Gasteiger partial charge in [0.2, 0.25) is 0 Å². The van der Waals surface area contributed by atoms with Gasteiger partial charge in [0.05, 0.1) is 5.39 Å². The molecule has 0 aliphatic heterocycles. The van der Waals surface area contributed by atoms with E-state index >= 15 is 0 Å². The van der Waals surface area contributed by atoms with Crippen molar-refractivity contribution in [2.24, 2.45) is 0 Å². The molecule has 36 heavy (non-hydrogen) atoms. The predicted octanol–water partition coefficient (Wildman–Crippen LogP) is 4.26. The van der Waals surface area contributed by atoms with Gasteiger partial charge in [0.15, 0.2) is 5.43 Å². The number of amides is 2. The van der Waals surface area contributed by atoms with E-state index in [1.54, 1.807) is 42.5 Å². The van der Waals surface area contributed by atoms with E-state index in [4.69, 9.17) is 20.8 Å². The second-order valence-electron chi connectivity index (χ2n) is 8.06. The Morgan fingerprint density at radius 2 is 1.83 bits per heavy atom. The Labute approximate surface area is 212 Å². The lowest BCUT2D eigenvalue weighted by molar-refractivity contribution is 0.107. The molecule has 3 aromatic carbocycles. The number of anilines is 1. The molecule has 4 rings (SSSR count). The van der Waals surface area contributed by atoms with Crippen LogP contribution >= 0.6 is 11.6 Å². The second-order valence-corrected chi connectivity index (χ2v) is 8.50. The summed E-state index contributed by atoms with van der Waals surface area (Å²) in [4.78, 5) is 24.4. The molecule has 2 amide bonds. The van der Waals surface area contributed by atoms with Crippen molar-refractivity contribution in [2.45, 2.75) is 6.10 Å². The average Bonchev–Trinajstić information content (AvgIpc) is 2.87. The topological polar surface area (TPSA) is 113 Å². The highest BCUT2D eigenvalue weighted by molar-refractivity contribution is 6.30. The van der Waals surface area contributed by atoms with E-state index in [1.807, 2.05) is 30.3 Å². The Bertz CT molecular complexity index is 1380. The molecule has 0 spiro atoms. The van der Waals surface area contributed by atoms with Crippen molar-refractivity contribution < 1.29 is 19.1 Å². The quantitative estimate of drug-likeness (QED) is 0.238. The first-order valence-corrected chi connectivity index (χ1v) is 11.8. The van der Waals surface area contributed by atoms with Gasteiger partial charge >= 0.3 is 6.03 Å². The summed E-state index contributed by atoms with van der Waals surface area (Å²) in [6.07, 6.45) is -0.774. The van der Waals surface area contributed by atoms with Crippen LogP contribution in [0.2, 0.25) is 5.02 Å². The van der Waals surface area contributed by atoms with Crippen LogP contribution in [-0.2, 0) is 0 Å². The normalized spacial score (nSPS) is 11.7. The summed E-state index contributed by atoms with van der Waals surface area (Å²) in [7, 11) is 0. The maximum Gasteiger partial charge on any atom is 0.319 e. The number of carbonyl (C=O) groups excluding carboxylic acids is 1. The number of benzene rings is 3. The Hall–Kier alpha value is -3.85. The molecule has 0 saturated carbocycles. The Kier molecular flexibility index (Phi) is 8.57. The number of urea groups is 1. The Balaban J connectivity index is 1.21. The van der Waals surface area contributed by atoms with E-state index in [1.165, 1.54) is 6.07 Å². The number of rotatable bonds is 10. The number of carbonyl (C=O) groups is 1. The van der Waals surface area contributed by atoms with Gasteiger partial charge in [-0.15, -0.1) is 0 Å². The van der Waals surface area contributed by atoms with E-state index in [-0.39, 0.29) is 24.6 Å². The van der Waals surface area contributed by atoms with Crippen molar-refractivity contribution in [3.8, 4) is 17.1 Å². The molecule has 4 aromatic rings. The lowest BCUT2D eigenvalue weighted by atomic mass is 10.1. The molecule has 0 fully saturated rings. The first-order chi connectivity index (χ1) is 17.5. The number of nitrogens with one attached hydrogen (secondary N) is 3. The number of aliphatic hydroxyl groups is 1. The van der Waals surface area contributed by atoms with Crippen molar-refractivity contribution in [3.63, 3.8) is 0 Å². The van der Waals surface area contributed by atoms with E-state index in [2.05, 4.69) is 16.0 Å². The summed E-state index contributed by atoms with van der Waals surface area (Å²) >= 11 is 5.90. The third-order valence-corrected chi connectivity index (χ3v) is 5.49. The first kappa shape index (κ1) is 25.2. The maximum absolute atomic E-state index is 12.5. The van der Waals surface area contributed by atoms with Gasteiger partial charge in [-0.05, 0) is 30.3 Å². The van der Waals surface area contributed by atoms with Gasteiger partial charge in [-0.3, -0.25) is 4.79 Å². The molecular formula is C27H26ClN3O5. The zero-order valence-corrected chi connectivity index (χ0v) is 20.1. The van der Waals surface area contributed by atoms with Crippen LogP contribution in [0.4, 0.5) is 10.5 Å². The van der Waals surface area contributed by atoms with Crippen LogP contribution in [0.15, 0.2) is 88.1 Å². The van der Waals surface area contributed by atoms with Crippen LogP contribution in [0.5, 0.6) is 5.75 Å². The smallest absolute Gasteiger partial charge is 0.319 e. The van der Waals surface area contributed by atoms with Crippen molar-refractivity contribution in [1.29, 1.82) is 0 Å². The summed E-state index contributed by atoms with van der Waals surface area (Å²) in [5.74, 6) is 0.957. The molecule has 1 aromatic heterocycles. The molecule has 1 heterocycles. The SMILES string of the molecule is O=C(NCCNCC(O)COc1ccc2c(=O)cc(-c3ccccc3)oc2c1)Nc1cccc(Cl)c1. The molecule has 0 radical (unpaired) electrons. The molecule has 9 heteroatoms. The highest BCUT2D eigenvalue weighted by Gasteiger charge is 2.10. The summed E-state index contributed by atoms with van der Waals surface area (Å²) < 4.78 is 11.6. The number of fused-ring (bicyclic) bond motifs is 1. The summed E-state index contributed by atoms with van der Waals surface area (Å²) in [6.45, 7) is 1.15. The minimum atomic E-state index is -0.774. The molecule has 0 saturated heterocycles. The molecule has 1 unspecified atom stereocenters. The predicted molar refractivity (Wildman–Crippen MR) is 141 cm³/mol. The third-order valence-electron chi connectivity index (χ3n) is 5.25. The van der Waals surface area contributed by atoms with E-state index < -0.39 is 6.10 Å². The largest absolute Gasteiger partial charge is 0.491 e. The molecule has 8 nitrogen and oxygen atoms in total. The van der Waals surface area contributed by atoms with Gasteiger partial charge in [-0.2, -0.15) is 0 Å². The van der Waals surface area contributed by atoms with Crippen LogP contribution in [-0.4, -0.2) is 43.5 Å². The van der Waals surface area contributed by atoms with Gasteiger partial charge in [-0.1, -0.05) is 48.0 Å². The van der Waals surface area contributed by atoms with E-state index in [0.29, 0.717) is 46.3 Å². The molecule has 4 N–H and O–H groups in total. The van der Waals surface area contributed by atoms with Gasteiger partial charge in [-0.25, -0.2) is 4.79 Å². The molecule has 0 aliphatic rings. The monoisotopic (exact) mass is 507 g/mol. The average molecular weight is 508 g/mol. The fraction of sp³-hybridized carbons (Fsp3) is 0.185. The van der Waals surface area contributed by atoms with Crippen molar-refractivity contribution >= 4 is 34.3 Å². The summed E-state index contributed by atoms with van der Waals surface area (Å²) in [6, 6.07) is 22.3. The van der Waals surface area contributed by atoms with Crippen LogP contribution in [0.25, 0.3) is 22.3 Å². The minimum absolute atomic E-state index is 0.0454. The summed E-state index contributed by atoms with van der Waals surface area (Å²) in [5, 5.41) is 19.7.